The highest BCUT2D eigenvalue weighted by molar-refractivity contribution is 5.81. The van der Waals surface area contributed by atoms with Gasteiger partial charge in [0.15, 0.2) is 5.58 Å². The molecule has 21 heavy (non-hydrogen) atoms. The van der Waals surface area contributed by atoms with E-state index in [-0.39, 0.29) is 18.7 Å². The van der Waals surface area contributed by atoms with Gasteiger partial charge in [0.05, 0.1) is 19.0 Å². The molecule has 0 spiro atoms. The van der Waals surface area contributed by atoms with Crippen molar-refractivity contribution in [3.63, 3.8) is 0 Å². The van der Waals surface area contributed by atoms with E-state index in [4.69, 9.17) is 4.42 Å². The summed E-state index contributed by atoms with van der Waals surface area (Å²) in [6.45, 7) is 0.452. The van der Waals surface area contributed by atoms with Crippen LogP contribution in [0.2, 0.25) is 0 Å². The zero-order valence-electron chi connectivity index (χ0n) is 11.6. The van der Waals surface area contributed by atoms with E-state index in [2.05, 4.69) is 15.0 Å². The number of hydrogen-bond donors (Lipinski definition) is 2. The number of oxazole rings is 1. The number of benzene rings is 1. The van der Waals surface area contributed by atoms with Crippen LogP contribution in [0.4, 0.5) is 0 Å². The van der Waals surface area contributed by atoms with E-state index in [0.29, 0.717) is 24.1 Å². The third kappa shape index (κ3) is 4.20. The molecule has 0 bridgehead atoms. The van der Waals surface area contributed by atoms with Crippen LogP contribution in [0.25, 0.3) is 11.1 Å². The van der Waals surface area contributed by atoms with Crippen LogP contribution in [0.1, 0.15) is 18.4 Å². The molecule has 2 aromatic rings. The normalized spacial score (nSPS) is 10.5. The number of aromatic amines is 1. The van der Waals surface area contributed by atoms with Crippen LogP contribution in [0, 0.1) is 0 Å². The van der Waals surface area contributed by atoms with Crippen molar-refractivity contribution in [1.82, 2.24) is 10.3 Å². The van der Waals surface area contributed by atoms with Crippen LogP contribution in [0.3, 0.4) is 0 Å². The molecule has 0 radical (unpaired) electrons. The molecule has 0 fully saturated rings. The molecular weight excluding hydrogens is 276 g/mol. The van der Waals surface area contributed by atoms with Gasteiger partial charge < -0.3 is 14.5 Å². The minimum atomic E-state index is -0.488. The summed E-state index contributed by atoms with van der Waals surface area (Å²) in [4.78, 5) is 36.0. The fourth-order valence-corrected chi connectivity index (χ4v) is 1.91. The largest absolute Gasteiger partial charge is 0.469 e. The molecule has 1 heterocycles. The smallest absolute Gasteiger partial charge is 0.417 e. The minimum Gasteiger partial charge on any atom is -0.469 e. The summed E-state index contributed by atoms with van der Waals surface area (Å²) in [6, 6.07) is 5.35. The fourth-order valence-electron chi connectivity index (χ4n) is 1.91. The van der Waals surface area contributed by atoms with Crippen molar-refractivity contribution < 1.29 is 18.7 Å². The van der Waals surface area contributed by atoms with Gasteiger partial charge in [0, 0.05) is 13.0 Å². The van der Waals surface area contributed by atoms with Crippen molar-refractivity contribution >= 4 is 23.0 Å². The summed E-state index contributed by atoms with van der Waals surface area (Å²) >= 11 is 0. The number of ether oxygens (including phenoxy) is 1. The van der Waals surface area contributed by atoms with Crippen LogP contribution in [0.15, 0.2) is 27.4 Å². The first-order chi connectivity index (χ1) is 10.1. The Morgan fingerprint density at radius 1 is 1.33 bits per heavy atom. The molecule has 0 saturated heterocycles. The van der Waals surface area contributed by atoms with Crippen LogP contribution in [-0.4, -0.2) is 30.5 Å². The Hall–Kier alpha value is -2.57. The Bertz CT molecular complexity index is 701. The predicted octanol–water partition coefficient (Wildman–Crippen LogP) is 0.733. The van der Waals surface area contributed by atoms with Gasteiger partial charge in [-0.1, -0.05) is 6.07 Å². The Kier molecular flexibility index (Phi) is 4.76. The van der Waals surface area contributed by atoms with Gasteiger partial charge in [-0.2, -0.15) is 0 Å². The number of nitrogens with one attached hydrogen (secondary N) is 2. The molecule has 2 N–H and O–H groups in total. The molecule has 0 aliphatic heterocycles. The first kappa shape index (κ1) is 14.8. The number of hydrogen-bond acceptors (Lipinski definition) is 5. The van der Waals surface area contributed by atoms with Gasteiger partial charge in [-0.3, -0.25) is 14.6 Å². The van der Waals surface area contributed by atoms with E-state index < -0.39 is 11.7 Å². The number of methoxy groups -OCH3 is 1. The highest BCUT2D eigenvalue weighted by atomic mass is 16.5. The van der Waals surface area contributed by atoms with E-state index in [1.807, 2.05) is 6.07 Å². The second-order valence-electron chi connectivity index (χ2n) is 4.52. The zero-order valence-corrected chi connectivity index (χ0v) is 11.6. The van der Waals surface area contributed by atoms with Crippen molar-refractivity contribution in [1.29, 1.82) is 0 Å². The molecule has 0 aliphatic carbocycles. The quantitative estimate of drug-likeness (QED) is 0.764. The van der Waals surface area contributed by atoms with Gasteiger partial charge in [0.25, 0.3) is 0 Å². The number of aromatic nitrogens is 1. The maximum absolute atomic E-state index is 11.5. The topological polar surface area (TPSA) is 101 Å². The van der Waals surface area contributed by atoms with Crippen molar-refractivity contribution in [2.75, 3.05) is 13.7 Å². The van der Waals surface area contributed by atoms with Gasteiger partial charge in [-0.15, -0.1) is 0 Å². The lowest BCUT2D eigenvalue weighted by Gasteiger charge is -2.05. The zero-order chi connectivity index (χ0) is 15.2. The van der Waals surface area contributed by atoms with E-state index in [0.717, 1.165) is 5.56 Å². The second kappa shape index (κ2) is 6.74. The lowest BCUT2D eigenvalue weighted by atomic mass is 10.1. The molecule has 0 unspecified atom stereocenters. The summed E-state index contributed by atoms with van der Waals surface area (Å²) in [7, 11) is 1.29. The monoisotopic (exact) mass is 292 g/mol. The molecule has 0 atom stereocenters. The van der Waals surface area contributed by atoms with Crippen molar-refractivity contribution in [2.45, 2.75) is 19.3 Å². The highest BCUT2D eigenvalue weighted by Crippen LogP contribution is 2.12. The van der Waals surface area contributed by atoms with Gasteiger partial charge in [0.1, 0.15) is 0 Å². The van der Waals surface area contributed by atoms with E-state index in [9.17, 15) is 14.4 Å². The molecule has 1 amide bonds. The molecule has 1 aromatic carbocycles. The summed E-state index contributed by atoms with van der Waals surface area (Å²) in [5.41, 5.74) is 2.10. The van der Waals surface area contributed by atoms with Crippen molar-refractivity contribution in [3.05, 3.63) is 34.3 Å². The molecular formula is C14H16N2O5. The lowest BCUT2D eigenvalue weighted by Crippen LogP contribution is -2.26. The number of amides is 1. The molecule has 0 aliphatic rings. The summed E-state index contributed by atoms with van der Waals surface area (Å²) in [5, 5.41) is 2.72. The maximum atomic E-state index is 11.5. The maximum Gasteiger partial charge on any atom is 0.417 e. The van der Waals surface area contributed by atoms with Crippen LogP contribution in [0.5, 0.6) is 0 Å². The Labute approximate surface area is 120 Å². The fraction of sp³-hybridized carbons (Fsp3) is 0.357. The minimum absolute atomic E-state index is 0.0740. The van der Waals surface area contributed by atoms with Crippen LogP contribution in [-0.2, 0) is 20.7 Å². The first-order valence-electron chi connectivity index (χ1n) is 6.54. The number of esters is 1. The number of rotatable bonds is 6. The molecule has 1 aromatic heterocycles. The summed E-state index contributed by atoms with van der Waals surface area (Å²) in [6.07, 6.45) is 0.804. The van der Waals surface area contributed by atoms with Gasteiger partial charge in [-0.25, -0.2) is 4.79 Å². The predicted molar refractivity (Wildman–Crippen MR) is 74.8 cm³/mol. The molecule has 2 rings (SSSR count). The average molecular weight is 292 g/mol. The second-order valence-corrected chi connectivity index (χ2v) is 4.52. The standard InChI is InChI=1S/C14H16N2O5/c1-20-13(18)5-4-12(17)15-7-6-9-2-3-11-10(8-9)16-14(19)21-11/h2-3,8H,4-7H2,1H3,(H,15,17)(H,16,19). The Morgan fingerprint density at radius 2 is 2.14 bits per heavy atom. The number of carbonyl (C=O) groups is 2. The SMILES string of the molecule is COC(=O)CCC(=O)NCCc1ccc2oc(=O)[nH]c2c1. The van der Waals surface area contributed by atoms with E-state index in [1.165, 1.54) is 7.11 Å². The number of carbonyl (C=O) groups excluding carboxylic acids is 2. The molecule has 112 valence electrons. The molecule has 0 saturated carbocycles. The highest BCUT2D eigenvalue weighted by Gasteiger charge is 2.07. The third-order valence-corrected chi connectivity index (χ3v) is 3.00. The molecule has 7 heteroatoms. The molecule has 7 nitrogen and oxygen atoms in total. The summed E-state index contributed by atoms with van der Waals surface area (Å²) < 4.78 is 9.37. The van der Waals surface area contributed by atoms with Crippen molar-refractivity contribution in [2.24, 2.45) is 0 Å². The van der Waals surface area contributed by atoms with Crippen LogP contribution < -0.4 is 11.1 Å². The van der Waals surface area contributed by atoms with E-state index >= 15 is 0 Å². The number of H-pyrrole nitrogens is 1. The van der Waals surface area contributed by atoms with Crippen molar-refractivity contribution in [3.8, 4) is 0 Å². The van der Waals surface area contributed by atoms with Gasteiger partial charge in [0.2, 0.25) is 5.91 Å². The third-order valence-electron chi connectivity index (χ3n) is 3.00. The Morgan fingerprint density at radius 3 is 2.90 bits per heavy atom. The Balaban J connectivity index is 1.80. The van der Waals surface area contributed by atoms with E-state index in [1.54, 1.807) is 12.1 Å². The van der Waals surface area contributed by atoms with Crippen LogP contribution >= 0.6 is 0 Å². The van der Waals surface area contributed by atoms with Gasteiger partial charge in [-0.05, 0) is 24.1 Å². The summed E-state index contributed by atoms with van der Waals surface area (Å²) in [5.74, 6) is -1.09. The average Bonchev–Trinajstić information content (AvgIpc) is 2.84. The van der Waals surface area contributed by atoms with Gasteiger partial charge >= 0.3 is 11.7 Å². The lowest BCUT2D eigenvalue weighted by molar-refractivity contribution is -0.142. The number of fused-ring (bicyclic) bond motifs is 1. The first-order valence-corrected chi connectivity index (χ1v) is 6.54.